The van der Waals surface area contributed by atoms with Gasteiger partial charge in [-0.15, -0.1) is 11.3 Å². The van der Waals surface area contributed by atoms with Gasteiger partial charge in [-0.05, 0) is 31.5 Å². The second kappa shape index (κ2) is 4.88. The highest BCUT2D eigenvalue weighted by Gasteiger charge is 2.19. The monoisotopic (exact) mass is 308 g/mol. The second-order valence-electron chi connectivity index (χ2n) is 4.23. The van der Waals surface area contributed by atoms with Gasteiger partial charge in [-0.3, -0.25) is 0 Å². The Balaban J connectivity index is 1.89. The third-order valence-electron chi connectivity index (χ3n) is 3.00. The van der Waals surface area contributed by atoms with Crippen LogP contribution in [0.2, 0.25) is 0 Å². The average Bonchev–Trinajstić information content (AvgIpc) is 3.00. The molecule has 2 aromatic rings. The molecule has 0 amide bonds. The highest BCUT2D eigenvalue weighted by molar-refractivity contribution is 9.10. The molecule has 1 N–H and O–H groups in total. The predicted molar refractivity (Wildman–Crippen MR) is 75.2 cm³/mol. The molecule has 17 heavy (non-hydrogen) atoms. The highest BCUT2D eigenvalue weighted by atomic mass is 79.9. The molecule has 1 aliphatic rings. The summed E-state index contributed by atoms with van der Waals surface area (Å²) in [6, 6.07) is 8.77. The lowest BCUT2D eigenvalue weighted by Crippen LogP contribution is -2.12. The summed E-state index contributed by atoms with van der Waals surface area (Å²) in [7, 11) is 0. The van der Waals surface area contributed by atoms with Gasteiger partial charge >= 0.3 is 0 Å². The predicted octanol–water partition coefficient (Wildman–Crippen LogP) is 4.00. The molecule has 1 fully saturated rings. The van der Waals surface area contributed by atoms with Crippen molar-refractivity contribution in [3.63, 3.8) is 0 Å². The molecule has 1 saturated heterocycles. The van der Waals surface area contributed by atoms with Crippen LogP contribution in [0.1, 0.15) is 23.9 Å². The number of thiazole rings is 1. The summed E-state index contributed by atoms with van der Waals surface area (Å²) in [5.74, 6) is 0. The Kier molecular flexibility index (Phi) is 3.27. The van der Waals surface area contributed by atoms with E-state index in [1.165, 1.54) is 23.4 Å². The van der Waals surface area contributed by atoms with Gasteiger partial charge in [0.05, 0.1) is 11.7 Å². The van der Waals surface area contributed by atoms with Gasteiger partial charge in [0.25, 0.3) is 0 Å². The van der Waals surface area contributed by atoms with Crippen LogP contribution in [0, 0.1) is 0 Å². The van der Waals surface area contributed by atoms with Gasteiger partial charge in [0.2, 0.25) is 0 Å². The van der Waals surface area contributed by atoms with Crippen LogP contribution in [0.3, 0.4) is 0 Å². The molecule has 0 spiro atoms. The Morgan fingerprint density at radius 3 is 3.12 bits per heavy atom. The summed E-state index contributed by atoms with van der Waals surface area (Å²) in [4.78, 5) is 4.74. The van der Waals surface area contributed by atoms with Crippen molar-refractivity contribution in [1.29, 1.82) is 0 Å². The summed E-state index contributed by atoms with van der Waals surface area (Å²) in [5.41, 5.74) is 2.26. The minimum absolute atomic E-state index is 0.473. The lowest BCUT2D eigenvalue weighted by atomic mass is 10.2. The molecule has 4 heteroatoms. The van der Waals surface area contributed by atoms with Crippen LogP contribution in [0.5, 0.6) is 0 Å². The standard InChI is InChI=1S/C13H13BrN2S/c14-10-4-1-3-9(7-10)12-8-17-13(16-12)11-5-2-6-15-11/h1,3-4,7-8,11,15H,2,5-6H2. The molecule has 0 bridgehead atoms. The maximum atomic E-state index is 4.74. The number of halogens is 1. The van der Waals surface area contributed by atoms with Crippen LogP contribution in [0.25, 0.3) is 11.3 Å². The SMILES string of the molecule is Brc1cccc(-c2csc(C3CCCN3)n2)c1. The minimum Gasteiger partial charge on any atom is -0.308 e. The van der Waals surface area contributed by atoms with Gasteiger partial charge in [-0.1, -0.05) is 28.1 Å². The lowest BCUT2D eigenvalue weighted by Gasteiger charge is -2.04. The highest BCUT2D eigenvalue weighted by Crippen LogP contribution is 2.30. The number of hydrogen-bond donors (Lipinski definition) is 1. The number of rotatable bonds is 2. The van der Waals surface area contributed by atoms with Crippen molar-refractivity contribution in [2.75, 3.05) is 6.54 Å². The molecule has 1 aliphatic heterocycles. The minimum atomic E-state index is 0.473. The molecule has 88 valence electrons. The number of hydrogen-bond acceptors (Lipinski definition) is 3. The first kappa shape index (κ1) is 11.4. The molecule has 1 aromatic carbocycles. The largest absolute Gasteiger partial charge is 0.308 e. The van der Waals surface area contributed by atoms with Crippen LogP contribution < -0.4 is 5.32 Å². The van der Waals surface area contributed by atoms with Gasteiger partial charge in [0.1, 0.15) is 5.01 Å². The maximum absolute atomic E-state index is 4.74. The second-order valence-corrected chi connectivity index (χ2v) is 6.04. The van der Waals surface area contributed by atoms with Crippen molar-refractivity contribution in [2.45, 2.75) is 18.9 Å². The van der Waals surface area contributed by atoms with Gasteiger partial charge in [-0.2, -0.15) is 0 Å². The number of benzene rings is 1. The molecule has 1 aromatic heterocycles. The molecular weight excluding hydrogens is 296 g/mol. The van der Waals surface area contributed by atoms with E-state index in [0.717, 1.165) is 16.7 Å². The zero-order valence-electron chi connectivity index (χ0n) is 9.32. The van der Waals surface area contributed by atoms with Gasteiger partial charge in [0, 0.05) is 15.4 Å². The fourth-order valence-electron chi connectivity index (χ4n) is 2.12. The molecular formula is C13H13BrN2S. The molecule has 1 atom stereocenters. The van der Waals surface area contributed by atoms with Crippen LogP contribution in [-0.2, 0) is 0 Å². The smallest absolute Gasteiger partial charge is 0.110 e. The Hall–Kier alpha value is -0.710. The van der Waals surface area contributed by atoms with E-state index in [1.807, 2.05) is 12.1 Å². The van der Waals surface area contributed by atoms with Crippen LogP contribution >= 0.6 is 27.3 Å². The summed E-state index contributed by atoms with van der Waals surface area (Å²) >= 11 is 5.25. The van der Waals surface area contributed by atoms with Gasteiger partial charge in [0.15, 0.2) is 0 Å². The Bertz CT molecular complexity index is 518. The molecule has 2 nitrogen and oxygen atoms in total. The first-order valence-corrected chi connectivity index (χ1v) is 7.45. The Morgan fingerprint density at radius 2 is 2.35 bits per heavy atom. The van der Waals surface area contributed by atoms with E-state index >= 15 is 0 Å². The molecule has 0 radical (unpaired) electrons. The summed E-state index contributed by atoms with van der Waals surface area (Å²) in [6.07, 6.45) is 2.47. The summed E-state index contributed by atoms with van der Waals surface area (Å²) < 4.78 is 1.10. The summed E-state index contributed by atoms with van der Waals surface area (Å²) in [5, 5.41) is 6.86. The fourth-order valence-corrected chi connectivity index (χ4v) is 3.46. The van der Waals surface area contributed by atoms with Crippen molar-refractivity contribution in [2.24, 2.45) is 0 Å². The number of nitrogens with one attached hydrogen (secondary N) is 1. The van der Waals surface area contributed by atoms with Crippen LogP contribution in [-0.4, -0.2) is 11.5 Å². The Labute approximate surface area is 113 Å². The van der Waals surface area contributed by atoms with Gasteiger partial charge < -0.3 is 5.32 Å². The quantitative estimate of drug-likeness (QED) is 0.907. The van der Waals surface area contributed by atoms with E-state index in [0.29, 0.717) is 6.04 Å². The first-order valence-electron chi connectivity index (χ1n) is 5.78. The zero-order chi connectivity index (χ0) is 11.7. The number of aromatic nitrogens is 1. The van der Waals surface area contributed by atoms with E-state index in [1.54, 1.807) is 11.3 Å². The third-order valence-corrected chi connectivity index (χ3v) is 4.45. The van der Waals surface area contributed by atoms with E-state index in [-0.39, 0.29) is 0 Å². The van der Waals surface area contributed by atoms with E-state index in [9.17, 15) is 0 Å². The normalized spacial score (nSPS) is 19.7. The Morgan fingerprint density at radius 1 is 1.41 bits per heavy atom. The van der Waals surface area contributed by atoms with E-state index in [2.05, 4.69) is 38.8 Å². The average molecular weight is 309 g/mol. The lowest BCUT2D eigenvalue weighted by molar-refractivity contribution is 0.643. The molecule has 0 saturated carbocycles. The third kappa shape index (κ3) is 2.44. The van der Waals surface area contributed by atoms with Crippen molar-refractivity contribution < 1.29 is 0 Å². The van der Waals surface area contributed by atoms with Crippen LogP contribution in [0.15, 0.2) is 34.1 Å². The number of nitrogens with zero attached hydrogens (tertiary/aromatic N) is 1. The van der Waals surface area contributed by atoms with E-state index < -0.39 is 0 Å². The van der Waals surface area contributed by atoms with Crippen molar-refractivity contribution in [1.82, 2.24) is 10.3 Å². The van der Waals surface area contributed by atoms with Crippen molar-refractivity contribution in [3.05, 3.63) is 39.1 Å². The molecule has 1 unspecified atom stereocenters. The van der Waals surface area contributed by atoms with Gasteiger partial charge in [-0.25, -0.2) is 4.98 Å². The summed E-state index contributed by atoms with van der Waals surface area (Å²) in [6.45, 7) is 1.12. The molecule has 2 heterocycles. The van der Waals surface area contributed by atoms with Crippen LogP contribution in [0.4, 0.5) is 0 Å². The fraction of sp³-hybridized carbons (Fsp3) is 0.308. The van der Waals surface area contributed by atoms with Crippen molar-refractivity contribution in [3.8, 4) is 11.3 Å². The zero-order valence-corrected chi connectivity index (χ0v) is 11.7. The van der Waals surface area contributed by atoms with E-state index in [4.69, 9.17) is 4.98 Å². The molecule has 3 rings (SSSR count). The molecule has 0 aliphatic carbocycles. The first-order chi connectivity index (χ1) is 8.33. The topological polar surface area (TPSA) is 24.9 Å². The van der Waals surface area contributed by atoms with Crippen molar-refractivity contribution >= 4 is 27.3 Å². The maximum Gasteiger partial charge on any atom is 0.110 e.